The molecule has 0 atom stereocenters. The summed E-state index contributed by atoms with van der Waals surface area (Å²) in [6, 6.07) is 60.7. The molecule has 3 aromatic heterocycles. The molecule has 0 fully saturated rings. The van der Waals surface area contributed by atoms with Gasteiger partial charge in [0.05, 0.1) is 0 Å². The van der Waals surface area contributed by atoms with E-state index in [9.17, 15) is 0 Å². The van der Waals surface area contributed by atoms with Gasteiger partial charge in [-0.25, -0.2) is 4.98 Å². The van der Waals surface area contributed by atoms with Gasteiger partial charge in [-0.1, -0.05) is 111 Å². The Kier molecular flexibility index (Phi) is 6.82. The van der Waals surface area contributed by atoms with E-state index in [0.717, 1.165) is 61.2 Å². The first-order chi connectivity index (χ1) is 28.0. The van der Waals surface area contributed by atoms with Crippen LogP contribution in [0.4, 0.5) is 17.1 Å². The molecule has 11 aromatic rings. The largest absolute Gasteiger partial charge is 0.456 e. The van der Waals surface area contributed by atoms with Crippen LogP contribution < -0.4 is 4.90 Å². The van der Waals surface area contributed by atoms with E-state index in [1.807, 2.05) is 59.9 Å². The Morgan fingerprint density at radius 2 is 1.18 bits per heavy atom. The molecule has 0 N–H and O–H groups in total. The highest BCUT2D eigenvalue weighted by molar-refractivity contribution is 7.25. The fourth-order valence-electron chi connectivity index (χ4n) is 9.16. The number of hydrogen-bond donors (Lipinski definition) is 0. The van der Waals surface area contributed by atoms with Gasteiger partial charge >= 0.3 is 0 Å². The van der Waals surface area contributed by atoms with Crippen LogP contribution in [0.3, 0.4) is 0 Å². The molecule has 5 heteroatoms. The number of para-hydroxylation sites is 1. The lowest BCUT2D eigenvalue weighted by Crippen LogP contribution is -2.16. The third-order valence-corrected chi connectivity index (χ3v) is 13.1. The minimum atomic E-state index is -0.126. The lowest BCUT2D eigenvalue weighted by atomic mass is 9.82. The summed E-state index contributed by atoms with van der Waals surface area (Å²) in [5.74, 6) is 0.588. The van der Waals surface area contributed by atoms with Gasteiger partial charge in [-0.05, 0) is 94.5 Å². The van der Waals surface area contributed by atoms with Gasteiger partial charge in [0.2, 0.25) is 5.89 Å². The van der Waals surface area contributed by atoms with E-state index in [1.54, 1.807) is 0 Å². The Hall–Kier alpha value is -6.95. The zero-order valence-corrected chi connectivity index (χ0v) is 32.1. The molecule has 0 unspecified atom stereocenters. The zero-order valence-electron chi connectivity index (χ0n) is 31.3. The molecule has 12 rings (SSSR count). The highest BCUT2D eigenvalue weighted by Gasteiger charge is 2.36. The number of furan rings is 1. The number of hydrogen-bond acceptors (Lipinski definition) is 5. The molecule has 0 bridgehead atoms. The van der Waals surface area contributed by atoms with E-state index in [2.05, 4.69) is 140 Å². The van der Waals surface area contributed by atoms with Crippen LogP contribution in [0, 0.1) is 0 Å². The van der Waals surface area contributed by atoms with Crippen molar-refractivity contribution in [1.82, 2.24) is 4.98 Å². The van der Waals surface area contributed by atoms with Crippen LogP contribution in [-0.2, 0) is 5.41 Å². The van der Waals surface area contributed by atoms with Crippen LogP contribution in [0.15, 0.2) is 179 Å². The first kappa shape index (κ1) is 32.3. The Balaban J connectivity index is 1.06. The second kappa shape index (κ2) is 12.0. The van der Waals surface area contributed by atoms with Gasteiger partial charge < -0.3 is 13.7 Å². The summed E-state index contributed by atoms with van der Waals surface area (Å²) in [4.78, 5) is 7.55. The van der Waals surface area contributed by atoms with Crippen molar-refractivity contribution in [2.45, 2.75) is 19.3 Å². The number of fused-ring (bicyclic) bond motifs is 10. The van der Waals surface area contributed by atoms with Crippen molar-refractivity contribution < 1.29 is 8.83 Å². The Morgan fingerprint density at radius 3 is 2.05 bits per heavy atom. The second-order valence-corrected chi connectivity index (χ2v) is 16.6. The van der Waals surface area contributed by atoms with Gasteiger partial charge in [-0.3, -0.25) is 0 Å². The fraction of sp³-hybridized carbons (Fsp3) is 0.0577. The van der Waals surface area contributed by atoms with Crippen LogP contribution in [0.25, 0.3) is 86.9 Å². The SMILES string of the molecule is CC1(C)c2ccccc2-c2ccc(N(c3ccc(-c4c5nc(-c6ccccc6)oc5cc5oc6ccccc6c45)cc3)c3ccc4sc5ccccc5c4c3)cc21. The number of aromatic nitrogens is 1. The van der Waals surface area contributed by atoms with Gasteiger partial charge in [0.25, 0.3) is 0 Å². The predicted molar refractivity (Wildman–Crippen MR) is 237 cm³/mol. The number of oxazole rings is 1. The second-order valence-electron chi connectivity index (χ2n) is 15.5. The fourth-order valence-corrected chi connectivity index (χ4v) is 10.3. The lowest BCUT2D eigenvalue weighted by molar-refractivity contribution is 0.617. The molecule has 1 aliphatic carbocycles. The van der Waals surface area contributed by atoms with Crippen LogP contribution in [0.5, 0.6) is 0 Å². The van der Waals surface area contributed by atoms with Crippen molar-refractivity contribution in [2.75, 3.05) is 4.90 Å². The van der Waals surface area contributed by atoms with E-state index in [0.29, 0.717) is 11.5 Å². The maximum absolute atomic E-state index is 6.46. The summed E-state index contributed by atoms with van der Waals surface area (Å²) in [7, 11) is 0. The molecule has 4 nitrogen and oxygen atoms in total. The van der Waals surface area contributed by atoms with E-state index < -0.39 is 0 Å². The highest BCUT2D eigenvalue weighted by Crippen LogP contribution is 2.51. The summed E-state index contributed by atoms with van der Waals surface area (Å²) in [5, 5.41) is 4.64. The molecular weight excluding hydrogens is 717 g/mol. The first-order valence-corrected chi connectivity index (χ1v) is 20.2. The molecule has 0 radical (unpaired) electrons. The number of thiophene rings is 1. The molecule has 0 amide bonds. The number of nitrogens with zero attached hydrogens (tertiary/aromatic N) is 2. The summed E-state index contributed by atoms with van der Waals surface area (Å²) < 4.78 is 15.5. The molecule has 0 saturated heterocycles. The molecule has 0 spiro atoms. The van der Waals surface area contributed by atoms with Gasteiger partial charge in [-0.15, -0.1) is 11.3 Å². The van der Waals surface area contributed by atoms with E-state index in [-0.39, 0.29) is 5.41 Å². The molecular formula is C52H34N2O2S. The normalized spacial score (nSPS) is 13.2. The molecule has 0 aliphatic heterocycles. The lowest BCUT2D eigenvalue weighted by Gasteiger charge is -2.28. The zero-order chi connectivity index (χ0) is 37.8. The molecule has 1 aliphatic rings. The van der Waals surface area contributed by atoms with Gasteiger partial charge in [0.15, 0.2) is 5.58 Å². The van der Waals surface area contributed by atoms with Crippen molar-refractivity contribution in [3.63, 3.8) is 0 Å². The molecule has 0 saturated carbocycles. The summed E-state index contributed by atoms with van der Waals surface area (Å²) in [6.45, 7) is 4.69. The van der Waals surface area contributed by atoms with Gasteiger partial charge in [0, 0.05) is 70.6 Å². The third kappa shape index (κ3) is 4.82. The summed E-state index contributed by atoms with van der Waals surface area (Å²) in [5.41, 5.74) is 14.6. The monoisotopic (exact) mass is 750 g/mol. The minimum Gasteiger partial charge on any atom is -0.456 e. The highest BCUT2D eigenvalue weighted by atomic mass is 32.1. The predicted octanol–water partition coefficient (Wildman–Crippen LogP) is 15.2. The summed E-state index contributed by atoms with van der Waals surface area (Å²) >= 11 is 1.85. The topological polar surface area (TPSA) is 42.4 Å². The van der Waals surface area contributed by atoms with Crippen LogP contribution in [0.2, 0.25) is 0 Å². The maximum Gasteiger partial charge on any atom is 0.227 e. The smallest absolute Gasteiger partial charge is 0.227 e. The van der Waals surface area contributed by atoms with Crippen molar-refractivity contribution >= 4 is 81.6 Å². The average molecular weight is 751 g/mol. The van der Waals surface area contributed by atoms with Crippen molar-refractivity contribution in [3.8, 4) is 33.7 Å². The molecule has 8 aromatic carbocycles. The molecule has 57 heavy (non-hydrogen) atoms. The first-order valence-electron chi connectivity index (χ1n) is 19.4. The minimum absolute atomic E-state index is 0.126. The summed E-state index contributed by atoms with van der Waals surface area (Å²) in [6.07, 6.45) is 0. The number of anilines is 3. The molecule has 270 valence electrons. The van der Waals surface area contributed by atoms with Crippen LogP contribution >= 0.6 is 11.3 Å². The maximum atomic E-state index is 6.46. The Morgan fingerprint density at radius 1 is 0.491 bits per heavy atom. The number of rotatable bonds is 5. The Labute approximate surface area is 332 Å². The van der Waals surface area contributed by atoms with Crippen molar-refractivity contribution in [1.29, 1.82) is 0 Å². The van der Waals surface area contributed by atoms with Crippen LogP contribution in [-0.4, -0.2) is 4.98 Å². The Bertz CT molecular complexity index is 3390. The van der Waals surface area contributed by atoms with Crippen molar-refractivity contribution in [3.05, 3.63) is 181 Å². The standard InChI is InChI=1S/C52H34N2O2S/c1-52(2)41-17-9-6-14-36(41)37-26-24-35(29-42(37)52)54(34-25-27-47-40(28-34)38-15-8-11-19-46(38)57-47)33-22-20-31(21-23-33)48-49-39-16-7-10-18-43(39)55-44(49)30-45-50(48)53-51(56-45)32-12-4-3-5-13-32/h3-30H,1-2H3. The van der Waals surface area contributed by atoms with E-state index >= 15 is 0 Å². The molecule has 3 heterocycles. The number of benzene rings is 8. The van der Waals surface area contributed by atoms with Gasteiger partial charge in [-0.2, -0.15) is 0 Å². The third-order valence-electron chi connectivity index (χ3n) is 11.9. The van der Waals surface area contributed by atoms with E-state index in [4.69, 9.17) is 13.8 Å². The van der Waals surface area contributed by atoms with Gasteiger partial charge in [0.1, 0.15) is 16.7 Å². The average Bonchev–Trinajstić information content (AvgIpc) is 4.01. The van der Waals surface area contributed by atoms with E-state index in [1.165, 1.54) is 42.4 Å². The van der Waals surface area contributed by atoms with Crippen LogP contribution in [0.1, 0.15) is 25.0 Å². The quantitative estimate of drug-likeness (QED) is 0.176. The van der Waals surface area contributed by atoms with Crippen molar-refractivity contribution in [2.24, 2.45) is 0 Å².